The van der Waals surface area contributed by atoms with E-state index in [-0.39, 0.29) is 16.8 Å². The van der Waals surface area contributed by atoms with Gasteiger partial charge in [0.25, 0.3) is 5.91 Å². The molecule has 7 heteroatoms. The standard InChI is InChI=1S/C12H11NO6/c1-6(4-10(15)16)11(17)13-7-2-3-8(12(18)19)9(14)5-7/h2-5,14H,1H3,(H,13,17)(H,15,16)(H,18,19)/b6-4-. The van der Waals surface area contributed by atoms with Crippen LogP contribution in [0.4, 0.5) is 5.69 Å². The number of carbonyl (C=O) groups is 3. The van der Waals surface area contributed by atoms with Crippen molar-refractivity contribution in [1.29, 1.82) is 0 Å². The average molecular weight is 265 g/mol. The summed E-state index contributed by atoms with van der Waals surface area (Å²) in [6.07, 6.45) is 0.737. The Morgan fingerprint density at radius 3 is 2.32 bits per heavy atom. The Balaban J connectivity index is 2.90. The molecule has 0 aliphatic heterocycles. The zero-order valence-electron chi connectivity index (χ0n) is 9.88. The number of phenols is 1. The number of hydrogen-bond donors (Lipinski definition) is 4. The van der Waals surface area contributed by atoms with Crippen LogP contribution in [-0.2, 0) is 9.59 Å². The Hall–Kier alpha value is -2.83. The number of rotatable bonds is 4. The predicted octanol–water partition coefficient (Wildman–Crippen LogP) is 1.06. The maximum absolute atomic E-state index is 11.5. The normalized spacial score (nSPS) is 10.9. The fourth-order valence-electron chi connectivity index (χ4n) is 1.27. The minimum absolute atomic E-state index is 0.0331. The van der Waals surface area contributed by atoms with Gasteiger partial charge in [-0.25, -0.2) is 9.59 Å². The molecule has 0 fully saturated rings. The number of aromatic hydroxyl groups is 1. The number of anilines is 1. The van der Waals surface area contributed by atoms with Gasteiger partial charge in [0, 0.05) is 23.4 Å². The van der Waals surface area contributed by atoms with Crippen molar-refractivity contribution >= 4 is 23.5 Å². The van der Waals surface area contributed by atoms with Crippen molar-refractivity contribution in [2.45, 2.75) is 6.92 Å². The zero-order chi connectivity index (χ0) is 14.6. The summed E-state index contributed by atoms with van der Waals surface area (Å²) < 4.78 is 0. The van der Waals surface area contributed by atoms with Gasteiger partial charge in [0.2, 0.25) is 0 Å². The second-order valence-electron chi connectivity index (χ2n) is 3.66. The topological polar surface area (TPSA) is 124 Å². The van der Waals surface area contributed by atoms with E-state index in [1.807, 2.05) is 0 Å². The molecule has 0 radical (unpaired) electrons. The number of aromatic carboxylic acids is 1. The first-order valence-corrected chi connectivity index (χ1v) is 5.10. The van der Waals surface area contributed by atoms with E-state index in [0.29, 0.717) is 0 Å². The van der Waals surface area contributed by atoms with Crippen molar-refractivity contribution in [1.82, 2.24) is 0 Å². The van der Waals surface area contributed by atoms with Gasteiger partial charge in [0.15, 0.2) is 0 Å². The number of carbonyl (C=O) groups excluding carboxylic acids is 1. The van der Waals surface area contributed by atoms with Gasteiger partial charge in [-0.2, -0.15) is 0 Å². The Kier molecular flexibility index (Phi) is 4.25. The van der Waals surface area contributed by atoms with Gasteiger partial charge in [-0.3, -0.25) is 4.79 Å². The molecular formula is C12H11NO6. The number of amides is 1. The second kappa shape index (κ2) is 5.67. The molecule has 0 saturated heterocycles. The van der Waals surface area contributed by atoms with E-state index in [9.17, 15) is 19.5 Å². The van der Waals surface area contributed by atoms with Crippen molar-refractivity contribution in [2.24, 2.45) is 0 Å². The van der Waals surface area contributed by atoms with Gasteiger partial charge >= 0.3 is 11.9 Å². The summed E-state index contributed by atoms with van der Waals surface area (Å²) in [7, 11) is 0. The van der Waals surface area contributed by atoms with Gasteiger partial charge in [-0.15, -0.1) is 0 Å². The third-order valence-electron chi connectivity index (χ3n) is 2.18. The van der Waals surface area contributed by atoms with Crippen LogP contribution in [0.3, 0.4) is 0 Å². The smallest absolute Gasteiger partial charge is 0.339 e. The van der Waals surface area contributed by atoms with Crippen molar-refractivity contribution in [3.63, 3.8) is 0 Å². The third-order valence-corrected chi connectivity index (χ3v) is 2.18. The SMILES string of the molecule is C/C(=C/C(=O)O)C(=O)Nc1ccc(C(=O)O)c(O)c1. The molecule has 7 nitrogen and oxygen atoms in total. The number of carboxylic acids is 2. The van der Waals surface area contributed by atoms with Gasteiger partial charge in [-0.05, 0) is 19.1 Å². The highest BCUT2D eigenvalue weighted by molar-refractivity contribution is 6.06. The largest absolute Gasteiger partial charge is 0.507 e. The van der Waals surface area contributed by atoms with E-state index in [0.717, 1.165) is 18.2 Å². The first-order valence-electron chi connectivity index (χ1n) is 5.10. The predicted molar refractivity (Wildman–Crippen MR) is 65.1 cm³/mol. The molecule has 0 saturated carbocycles. The van der Waals surface area contributed by atoms with Crippen molar-refractivity contribution < 1.29 is 29.7 Å². The molecule has 1 aromatic carbocycles. The Morgan fingerprint density at radius 2 is 1.84 bits per heavy atom. The molecule has 0 heterocycles. The fourth-order valence-corrected chi connectivity index (χ4v) is 1.27. The van der Waals surface area contributed by atoms with Crippen LogP contribution >= 0.6 is 0 Å². The summed E-state index contributed by atoms with van der Waals surface area (Å²) in [6.45, 7) is 1.31. The maximum atomic E-state index is 11.5. The molecule has 0 unspecified atom stereocenters. The highest BCUT2D eigenvalue weighted by Crippen LogP contribution is 2.22. The number of benzene rings is 1. The molecule has 1 rings (SSSR count). The summed E-state index contributed by atoms with van der Waals surface area (Å²) in [4.78, 5) is 32.6. The van der Waals surface area contributed by atoms with Crippen LogP contribution in [0.5, 0.6) is 5.75 Å². The molecule has 19 heavy (non-hydrogen) atoms. The molecule has 0 aromatic heterocycles. The van der Waals surface area contributed by atoms with E-state index in [1.165, 1.54) is 13.0 Å². The quantitative estimate of drug-likeness (QED) is 0.603. The first kappa shape index (κ1) is 14.2. The molecule has 0 bridgehead atoms. The van der Waals surface area contributed by atoms with Gasteiger partial charge in [0.05, 0.1) is 0 Å². The lowest BCUT2D eigenvalue weighted by Crippen LogP contribution is -2.14. The lowest BCUT2D eigenvalue weighted by Gasteiger charge is -2.06. The molecule has 0 aliphatic rings. The Bertz CT molecular complexity index is 576. The van der Waals surface area contributed by atoms with E-state index >= 15 is 0 Å². The average Bonchev–Trinajstić information content (AvgIpc) is 2.27. The number of carboxylic acid groups (broad SMARTS) is 2. The lowest BCUT2D eigenvalue weighted by atomic mass is 10.1. The summed E-state index contributed by atoms with van der Waals surface area (Å²) in [5.41, 5.74) is -0.171. The molecule has 0 spiro atoms. The molecule has 0 aliphatic carbocycles. The van der Waals surface area contributed by atoms with Crippen LogP contribution in [-0.4, -0.2) is 33.2 Å². The summed E-state index contributed by atoms with van der Waals surface area (Å²) in [5, 5.41) is 28.9. The molecule has 4 N–H and O–H groups in total. The second-order valence-corrected chi connectivity index (χ2v) is 3.66. The highest BCUT2D eigenvalue weighted by atomic mass is 16.4. The van der Waals surface area contributed by atoms with Crippen LogP contribution in [0.2, 0.25) is 0 Å². The summed E-state index contributed by atoms with van der Waals surface area (Å²) in [5.74, 6) is -3.70. The molecule has 1 amide bonds. The monoisotopic (exact) mass is 265 g/mol. The minimum atomic E-state index is -1.29. The van der Waals surface area contributed by atoms with Gasteiger partial charge < -0.3 is 20.6 Å². The van der Waals surface area contributed by atoms with Crippen molar-refractivity contribution in [3.05, 3.63) is 35.4 Å². The van der Waals surface area contributed by atoms with Crippen LogP contribution < -0.4 is 5.32 Å². The van der Waals surface area contributed by atoms with Gasteiger partial charge in [0.1, 0.15) is 11.3 Å². The number of nitrogens with one attached hydrogen (secondary N) is 1. The Labute approximate surface area is 107 Å². The van der Waals surface area contributed by atoms with Gasteiger partial charge in [-0.1, -0.05) is 0 Å². The maximum Gasteiger partial charge on any atom is 0.339 e. The van der Waals surface area contributed by atoms with Crippen molar-refractivity contribution in [2.75, 3.05) is 5.32 Å². The summed E-state index contributed by atoms with van der Waals surface area (Å²) in [6, 6.07) is 3.48. The molecule has 1 aromatic rings. The van der Waals surface area contributed by atoms with Crippen LogP contribution in [0.25, 0.3) is 0 Å². The lowest BCUT2D eigenvalue weighted by molar-refractivity contribution is -0.131. The van der Waals surface area contributed by atoms with Crippen LogP contribution in [0, 0.1) is 0 Å². The minimum Gasteiger partial charge on any atom is -0.507 e. The van der Waals surface area contributed by atoms with E-state index in [1.54, 1.807) is 0 Å². The van der Waals surface area contributed by atoms with Crippen LogP contribution in [0.1, 0.15) is 17.3 Å². The number of hydrogen-bond acceptors (Lipinski definition) is 4. The molecule has 0 atom stereocenters. The summed E-state index contributed by atoms with van der Waals surface area (Å²) >= 11 is 0. The highest BCUT2D eigenvalue weighted by Gasteiger charge is 2.12. The van der Waals surface area contributed by atoms with Crippen LogP contribution in [0.15, 0.2) is 29.8 Å². The number of aliphatic carboxylic acids is 1. The molecular weight excluding hydrogens is 254 g/mol. The first-order chi connectivity index (χ1) is 8.81. The zero-order valence-corrected chi connectivity index (χ0v) is 9.88. The third kappa shape index (κ3) is 3.84. The fraction of sp³-hybridized carbons (Fsp3) is 0.0833. The van der Waals surface area contributed by atoms with Crippen molar-refractivity contribution in [3.8, 4) is 5.75 Å². The Morgan fingerprint density at radius 1 is 1.21 bits per heavy atom. The molecule has 100 valence electrons. The van der Waals surface area contributed by atoms with E-state index < -0.39 is 23.6 Å². The van der Waals surface area contributed by atoms with E-state index in [2.05, 4.69) is 5.32 Å². The van der Waals surface area contributed by atoms with E-state index in [4.69, 9.17) is 10.2 Å².